The standard InChI is InChI=1S/C55H36N2O/c1-3-12-37(13-4-1)41-17-11-18-47(35-41)57(46-30-24-39(25-31-46)52-36-43-16-7-8-19-48(43)50-20-9-10-21-51(50)52)45-28-22-38(23-29-45)42-26-32-49-44(34-42)27-33-53-54(49)58-55(56-53)40-14-5-2-6-15-40/h1-36H. The van der Waals surface area contributed by atoms with Gasteiger partial charge in [0, 0.05) is 28.0 Å². The summed E-state index contributed by atoms with van der Waals surface area (Å²) in [5.41, 5.74) is 13.0. The molecular weight excluding hydrogens is 705 g/mol. The number of aromatic nitrogens is 1. The Morgan fingerprint density at radius 1 is 0.328 bits per heavy atom. The molecule has 0 spiro atoms. The van der Waals surface area contributed by atoms with Crippen LogP contribution in [0.1, 0.15) is 0 Å². The van der Waals surface area contributed by atoms with Crippen molar-refractivity contribution in [1.29, 1.82) is 0 Å². The van der Waals surface area contributed by atoms with Crippen molar-refractivity contribution in [2.75, 3.05) is 4.90 Å². The molecule has 0 fully saturated rings. The van der Waals surface area contributed by atoms with Gasteiger partial charge in [0.05, 0.1) is 0 Å². The molecule has 0 saturated heterocycles. The van der Waals surface area contributed by atoms with Crippen LogP contribution < -0.4 is 4.90 Å². The van der Waals surface area contributed by atoms with Gasteiger partial charge in [-0.25, -0.2) is 4.98 Å². The molecule has 0 amide bonds. The van der Waals surface area contributed by atoms with Gasteiger partial charge in [0.2, 0.25) is 5.89 Å². The molecule has 1 aromatic heterocycles. The molecule has 0 bridgehead atoms. The summed E-state index contributed by atoms with van der Waals surface area (Å²) < 4.78 is 6.33. The summed E-state index contributed by atoms with van der Waals surface area (Å²) in [6.45, 7) is 0. The highest BCUT2D eigenvalue weighted by molar-refractivity contribution is 6.14. The second-order valence-corrected chi connectivity index (χ2v) is 14.8. The van der Waals surface area contributed by atoms with E-state index in [0.717, 1.165) is 55.6 Å². The number of nitrogens with zero attached hydrogens (tertiary/aromatic N) is 2. The number of benzene rings is 10. The topological polar surface area (TPSA) is 29.3 Å². The van der Waals surface area contributed by atoms with E-state index < -0.39 is 0 Å². The number of fused-ring (bicyclic) bond motifs is 6. The molecule has 3 heteroatoms. The second-order valence-electron chi connectivity index (χ2n) is 14.8. The van der Waals surface area contributed by atoms with Gasteiger partial charge in [-0.15, -0.1) is 0 Å². The average molecular weight is 741 g/mol. The van der Waals surface area contributed by atoms with Gasteiger partial charge in [-0.05, 0) is 133 Å². The van der Waals surface area contributed by atoms with E-state index in [0.29, 0.717) is 5.89 Å². The first-order valence-corrected chi connectivity index (χ1v) is 19.7. The van der Waals surface area contributed by atoms with E-state index in [1.165, 1.54) is 43.8 Å². The molecule has 3 nitrogen and oxygen atoms in total. The van der Waals surface area contributed by atoms with Gasteiger partial charge in [0.1, 0.15) is 5.52 Å². The Morgan fingerprint density at radius 2 is 0.897 bits per heavy atom. The van der Waals surface area contributed by atoms with Crippen LogP contribution in [0.15, 0.2) is 223 Å². The molecule has 0 saturated carbocycles. The fraction of sp³-hybridized carbons (Fsp3) is 0. The van der Waals surface area contributed by atoms with Crippen LogP contribution >= 0.6 is 0 Å². The molecule has 0 N–H and O–H groups in total. The molecule has 0 radical (unpaired) electrons. The smallest absolute Gasteiger partial charge is 0.227 e. The zero-order valence-corrected chi connectivity index (χ0v) is 31.6. The van der Waals surface area contributed by atoms with Crippen molar-refractivity contribution >= 4 is 60.5 Å². The lowest BCUT2D eigenvalue weighted by atomic mass is 9.93. The predicted octanol–water partition coefficient (Wildman–Crippen LogP) is 15.4. The minimum absolute atomic E-state index is 0.637. The van der Waals surface area contributed by atoms with Crippen LogP contribution in [0.2, 0.25) is 0 Å². The first kappa shape index (κ1) is 33.6. The largest absolute Gasteiger partial charge is 0.435 e. The lowest BCUT2D eigenvalue weighted by Crippen LogP contribution is -2.10. The highest BCUT2D eigenvalue weighted by Crippen LogP contribution is 2.41. The number of hydrogen-bond acceptors (Lipinski definition) is 3. The Labute approximate surface area is 336 Å². The van der Waals surface area contributed by atoms with Crippen LogP contribution in [0, 0.1) is 0 Å². The van der Waals surface area contributed by atoms with Crippen molar-refractivity contribution in [3.8, 4) is 44.8 Å². The van der Waals surface area contributed by atoms with E-state index in [1.54, 1.807) is 0 Å². The van der Waals surface area contributed by atoms with Crippen LogP contribution in [0.5, 0.6) is 0 Å². The number of oxazole rings is 1. The molecular formula is C55H36N2O. The fourth-order valence-corrected chi connectivity index (χ4v) is 8.39. The van der Waals surface area contributed by atoms with Gasteiger partial charge >= 0.3 is 0 Å². The molecule has 0 aliphatic carbocycles. The monoisotopic (exact) mass is 740 g/mol. The van der Waals surface area contributed by atoms with Crippen LogP contribution in [0.25, 0.3) is 88.3 Å². The number of anilines is 3. The van der Waals surface area contributed by atoms with Gasteiger partial charge in [0.15, 0.2) is 5.58 Å². The minimum atomic E-state index is 0.637. The highest BCUT2D eigenvalue weighted by Gasteiger charge is 2.17. The molecule has 0 unspecified atom stereocenters. The first-order chi connectivity index (χ1) is 28.7. The van der Waals surface area contributed by atoms with E-state index in [4.69, 9.17) is 9.40 Å². The Kier molecular flexibility index (Phi) is 8.15. The summed E-state index contributed by atoms with van der Waals surface area (Å²) >= 11 is 0. The van der Waals surface area contributed by atoms with E-state index in [1.807, 2.05) is 30.3 Å². The number of rotatable bonds is 7. The summed E-state index contributed by atoms with van der Waals surface area (Å²) in [6, 6.07) is 77.9. The Balaban J connectivity index is 0.974. The maximum absolute atomic E-state index is 6.33. The van der Waals surface area contributed by atoms with E-state index in [2.05, 4.69) is 193 Å². The lowest BCUT2D eigenvalue weighted by molar-refractivity contribution is 0.623. The third-order valence-electron chi connectivity index (χ3n) is 11.3. The van der Waals surface area contributed by atoms with E-state index in [9.17, 15) is 0 Å². The zero-order chi connectivity index (χ0) is 38.4. The molecule has 0 atom stereocenters. The molecule has 272 valence electrons. The molecule has 11 aromatic rings. The van der Waals surface area contributed by atoms with Crippen LogP contribution in [-0.4, -0.2) is 4.98 Å². The van der Waals surface area contributed by atoms with E-state index in [-0.39, 0.29) is 0 Å². The molecule has 11 rings (SSSR count). The number of hydrogen-bond donors (Lipinski definition) is 0. The maximum Gasteiger partial charge on any atom is 0.227 e. The van der Waals surface area contributed by atoms with Gasteiger partial charge in [0.25, 0.3) is 0 Å². The van der Waals surface area contributed by atoms with Gasteiger partial charge in [-0.3, -0.25) is 0 Å². The summed E-state index contributed by atoms with van der Waals surface area (Å²) in [6.07, 6.45) is 0. The van der Waals surface area contributed by atoms with Crippen molar-refractivity contribution in [1.82, 2.24) is 4.98 Å². The SMILES string of the molecule is c1ccc(-c2cccc(N(c3ccc(-c4ccc5c(ccc6nc(-c7ccccc7)oc65)c4)cc3)c3ccc(-c4cc5ccccc5c5ccccc45)cc3)c2)cc1. The zero-order valence-electron chi connectivity index (χ0n) is 31.6. The van der Waals surface area contributed by atoms with Crippen LogP contribution in [-0.2, 0) is 0 Å². The average Bonchev–Trinajstić information content (AvgIpc) is 3.75. The quantitative estimate of drug-likeness (QED) is 0.152. The molecule has 0 aliphatic heterocycles. The van der Waals surface area contributed by atoms with Crippen LogP contribution in [0.3, 0.4) is 0 Å². The van der Waals surface area contributed by atoms with Crippen molar-refractivity contribution in [3.05, 3.63) is 218 Å². The fourth-order valence-electron chi connectivity index (χ4n) is 8.39. The van der Waals surface area contributed by atoms with Gasteiger partial charge in [-0.2, -0.15) is 0 Å². The Bertz CT molecular complexity index is 3260. The minimum Gasteiger partial charge on any atom is -0.435 e. The first-order valence-electron chi connectivity index (χ1n) is 19.7. The van der Waals surface area contributed by atoms with Gasteiger partial charge < -0.3 is 9.32 Å². The van der Waals surface area contributed by atoms with E-state index >= 15 is 0 Å². The third kappa shape index (κ3) is 5.98. The van der Waals surface area contributed by atoms with Crippen molar-refractivity contribution in [2.45, 2.75) is 0 Å². The Hall–Kier alpha value is -7.75. The third-order valence-corrected chi connectivity index (χ3v) is 11.3. The predicted molar refractivity (Wildman–Crippen MR) is 243 cm³/mol. The Morgan fingerprint density at radius 3 is 1.66 bits per heavy atom. The van der Waals surface area contributed by atoms with Crippen molar-refractivity contribution < 1.29 is 4.42 Å². The van der Waals surface area contributed by atoms with Gasteiger partial charge in [-0.1, -0.05) is 146 Å². The normalized spacial score (nSPS) is 11.4. The summed E-state index contributed by atoms with van der Waals surface area (Å²) in [7, 11) is 0. The molecule has 0 aliphatic rings. The molecule has 1 heterocycles. The lowest BCUT2D eigenvalue weighted by Gasteiger charge is -2.26. The molecule has 10 aromatic carbocycles. The van der Waals surface area contributed by atoms with Crippen LogP contribution in [0.4, 0.5) is 17.1 Å². The second kappa shape index (κ2) is 14.1. The molecule has 58 heavy (non-hydrogen) atoms. The van der Waals surface area contributed by atoms with Crippen molar-refractivity contribution in [3.63, 3.8) is 0 Å². The summed E-state index contributed by atoms with van der Waals surface area (Å²) in [5, 5.41) is 7.22. The summed E-state index contributed by atoms with van der Waals surface area (Å²) in [5.74, 6) is 0.637. The highest BCUT2D eigenvalue weighted by atomic mass is 16.3. The summed E-state index contributed by atoms with van der Waals surface area (Å²) in [4.78, 5) is 7.14. The maximum atomic E-state index is 6.33. The van der Waals surface area contributed by atoms with Crippen molar-refractivity contribution in [2.24, 2.45) is 0 Å².